The molecule has 0 aliphatic heterocycles. The van der Waals surface area contributed by atoms with Crippen molar-refractivity contribution in [2.45, 2.75) is 6.61 Å². The van der Waals surface area contributed by atoms with Gasteiger partial charge in [0, 0.05) is 11.4 Å². The number of hydrogen-bond acceptors (Lipinski definition) is 8. The van der Waals surface area contributed by atoms with E-state index in [4.69, 9.17) is 10.5 Å². The molecule has 0 aliphatic rings. The van der Waals surface area contributed by atoms with Gasteiger partial charge < -0.3 is 15.8 Å². The minimum Gasteiger partial charge on any atom is -0.453 e. The third kappa shape index (κ3) is 4.38. The maximum Gasteiger partial charge on any atom is 0.357 e. The first-order chi connectivity index (χ1) is 14.6. The number of nitrogens with two attached hydrogens (primary N) is 1. The van der Waals surface area contributed by atoms with Crippen LogP contribution >= 0.6 is 0 Å². The minimum atomic E-state index is -0.645. The van der Waals surface area contributed by atoms with Crippen LogP contribution < -0.4 is 11.1 Å². The predicted octanol–water partition coefficient (Wildman–Crippen LogP) is 2.88. The largest absolute Gasteiger partial charge is 0.453 e. The highest BCUT2D eigenvalue weighted by atomic mass is 19.1. The lowest BCUT2D eigenvalue weighted by Crippen LogP contribution is -2.13. The van der Waals surface area contributed by atoms with Crippen LogP contribution in [0.2, 0.25) is 0 Å². The van der Waals surface area contributed by atoms with Crippen LogP contribution in [0.1, 0.15) is 16.3 Å². The molecule has 4 aromatic rings. The van der Waals surface area contributed by atoms with Crippen LogP contribution in [0.4, 0.5) is 22.0 Å². The number of esters is 1. The molecule has 2 aromatic carbocycles. The molecule has 0 atom stereocenters. The summed E-state index contributed by atoms with van der Waals surface area (Å²) in [5, 5.41) is 3.01. The Kier molecular flexibility index (Phi) is 5.29. The Hall–Kier alpha value is -4.34. The van der Waals surface area contributed by atoms with E-state index in [-0.39, 0.29) is 35.8 Å². The molecule has 30 heavy (non-hydrogen) atoms. The fraction of sp³-hybridized carbons (Fsp3) is 0.0500. The van der Waals surface area contributed by atoms with Gasteiger partial charge in [0.1, 0.15) is 5.82 Å². The van der Waals surface area contributed by atoms with Gasteiger partial charge in [-0.05, 0) is 36.4 Å². The summed E-state index contributed by atoms with van der Waals surface area (Å²) in [6, 6.07) is 14.9. The van der Waals surface area contributed by atoms with Crippen LogP contribution in [-0.4, -0.2) is 30.5 Å². The Morgan fingerprint density at radius 1 is 1.07 bits per heavy atom. The van der Waals surface area contributed by atoms with Gasteiger partial charge in [0.25, 0.3) is 0 Å². The molecule has 0 radical (unpaired) electrons. The fourth-order valence-electron chi connectivity index (χ4n) is 2.67. The topological polar surface area (TPSA) is 121 Å². The average Bonchev–Trinajstić information content (AvgIpc) is 3.23. The molecule has 4 rings (SSSR count). The van der Waals surface area contributed by atoms with Crippen molar-refractivity contribution in [2.75, 3.05) is 11.1 Å². The Bertz CT molecular complexity index is 1160. The number of nitrogens with one attached hydrogen (secondary N) is 1. The fourth-order valence-corrected chi connectivity index (χ4v) is 2.67. The molecule has 0 amide bonds. The number of anilines is 3. The molecule has 150 valence electrons. The molecule has 2 aromatic heterocycles. The third-order valence-electron chi connectivity index (χ3n) is 4.01. The van der Waals surface area contributed by atoms with Gasteiger partial charge in [-0.25, -0.2) is 14.2 Å². The summed E-state index contributed by atoms with van der Waals surface area (Å²) in [5.41, 5.74) is 7.25. The molecular weight excluding hydrogens is 389 g/mol. The highest BCUT2D eigenvalue weighted by molar-refractivity contribution is 5.88. The Labute approximate surface area is 170 Å². The Morgan fingerprint density at radius 2 is 1.83 bits per heavy atom. The second-order valence-electron chi connectivity index (χ2n) is 6.13. The standard InChI is InChI=1S/C20H16FN7O2/c21-13-6-8-15(9-7-13)28-12-23-10-16(28)18(29)30-11-17-25-19(22)27-20(26-17)24-14-4-2-1-3-5-14/h1-10,12H,11H2,(H3,22,24,25,26,27). The van der Waals surface area contributed by atoms with Crippen LogP contribution in [0.25, 0.3) is 5.69 Å². The molecule has 0 spiro atoms. The summed E-state index contributed by atoms with van der Waals surface area (Å²) in [6.07, 6.45) is 2.79. The molecule has 10 heteroatoms. The highest BCUT2D eigenvalue weighted by Gasteiger charge is 2.16. The Balaban J connectivity index is 1.47. The normalized spacial score (nSPS) is 10.6. The van der Waals surface area contributed by atoms with Gasteiger partial charge in [-0.3, -0.25) is 4.57 Å². The maximum absolute atomic E-state index is 13.1. The van der Waals surface area contributed by atoms with Crippen molar-refractivity contribution in [1.29, 1.82) is 0 Å². The SMILES string of the molecule is Nc1nc(COC(=O)c2cncn2-c2ccc(F)cc2)nc(Nc2ccccc2)n1. The summed E-state index contributed by atoms with van der Waals surface area (Å²) < 4.78 is 19.9. The Morgan fingerprint density at radius 3 is 2.60 bits per heavy atom. The van der Waals surface area contributed by atoms with E-state index in [2.05, 4.69) is 25.3 Å². The van der Waals surface area contributed by atoms with E-state index in [0.717, 1.165) is 5.69 Å². The van der Waals surface area contributed by atoms with E-state index in [1.54, 1.807) is 0 Å². The number of imidazole rings is 1. The van der Waals surface area contributed by atoms with Crippen LogP contribution in [0.3, 0.4) is 0 Å². The van der Waals surface area contributed by atoms with E-state index in [0.29, 0.717) is 5.69 Å². The zero-order valence-corrected chi connectivity index (χ0v) is 15.6. The molecule has 3 N–H and O–H groups in total. The van der Waals surface area contributed by atoms with E-state index >= 15 is 0 Å². The van der Waals surface area contributed by atoms with Gasteiger partial charge in [-0.2, -0.15) is 15.0 Å². The molecule has 0 unspecified atom stereocenters. The zero-order valence-electron chi connectivity index (χ0n) is 15.6. The lowest BCUT2D eigenvalue weighted by molar-refractivity contribution is 0.0452. The predicted molar refractivity (Wildman–Crippen MR) is 107 cm³/mol. The van der Waals surface area contributed by atoms with Crippen molar-refractivity contribution < 1.29 is 13.9 Å². The first kappa shape index (κ1) is 19.0. The van der Waals surface area contributed by atoms with Gasteiger partial charge in [0.05, 0.1) is 12.5 Å². The summed E-state index contributed by atoms with van der Waals surface area (Å²) in [4.78, 5) is 28.7. The molecule has 9 nitrogen and oxygen atoms in total. The van der Waals surface area contributed by atoms with E-state index in [9.17, 15) is 9.18 Å². The van der Waals surface area contributed by atoms with E-state index in [1.165, 1.54) is 41.4 Å². The molecule has 0 aliphatic carbocycles. The molecule has 2 heterocycles. The van der Waals surface area contributed by atoms with Crippen LogP contribution in [0, 0.1) is 5.82 Å². The molecular formula is C20H16FN7O2. The van der Waals surface area contributed by atoms with Crippen molar-refractivity contribution in [3.63, 3.8) is 0 Å². The number of benzene rings is 2. The minimum absolute atomic E-state index is 0.00849. The van der Waals surface area contributed by atoms with Crippen molar-refractivity contribution in [3.05, 3.63) is 84.5 Å². The second kappa shape index (κ2) is 8.35. The second-order valence-corrected chi connectivity index (χ2v) is 6.13. The molecule has 0 fully saturated rings. The van der Waals surface area contributed by atoms with Crippen molar-refractivity contribution in [2.24, 2.45) is 0 Å². The number of aromatic nitrogens is 5. The van der Waals surface area contributed by atoms with E-state index in [1.807, 2.05) is 30.3 Å². The zero-order chi connectivity index (χ0) is 20.9. The number of para-hydroxylation sites is 1. The molecule has 0 saturated carbocycles. The number of nitrogens with zero attached hydrogens (tertiary/aromatic N) is 5. The first-order valence-electron chi connectivity index (χ1n) is 8.86. The van der Waals surface area contributed by atoms with Gasteiger partial charge in [-0.15, -0.1) is 0 Å². The number of carbonyl (C=O) groups is 1. The van der Waals surface area contributed by atoms with Gasteiger partial charge in [0.15, 0.2) is 18.1 Å². The van der Waals surface area contributed by atoms with Gasteiger partial charge in [-0.1, -0.05) is 18.2 Å². The number of hydrogen-bond donors (Lipinski definition) is 2. The summed E-state index contributed by atoms with van der Waals surface area (Å²) in [6.45, 7) is -0.219. The monoisotopic (exact) mass is 405 g/mol. The van der Waals surface area contributed by atoms with Crippen LogP contribution in [0.5, 0.6) is 0 Å². The molecule has 0 bridgehead atoms. The molecule has 0 saturated heterocycles. The summed E-state index contributed by atoms with van der Waals surface area (Å²) >= 11 is 0. The van der Waals surface area contributed by atoms with E-state index < -0.39 is 5.97 Å². The van der Waals surface area contributed by atoms with Crippen LogP contribution in [-0.2, 0) is 11.3 Å². The summed E-state index contributed by atoms with van der Waals surface area (Å²) in [5.74, 6) is -0.618. The van der Waals surface area contributed by atoms with Gasteiger partial charge >= 0.3 is 5.97 Å². The number of rotatable bonds is 6. The maximum atomic E-state index is 13.1. The summed E-state index contributed by atoms with van der Waals surface area (Å²) in [7, 11) is 0. The number of ether oxygens (including phenoxy) is 1. The first-order valence-corrected chi connectivity index (χ1v) is 8.86. The quantitative estimate of drug-likeness (QED) is 0.470. The van der Waals surface area contributed by atoms with Crippen molar-refractivity contribution >= 4 is 23.6 Å². The number of nitrogen functional groups attached to an aromatic ring is 1. The van der Waals surface area contributed by atoms with Gasteiger partial charge in [0.2, 0.25) is 11.9 Å². The number of carbonyl (C=O) groups excluding carboxylic acids is 1. The highest BCUT2D eigenvalue weighted by Crippen LogP contribution is 2.15. The lowest BCUT2D eigenvalue weighted by atomic mass is 10.3. The van der Waals surface area contributed by atoms with Crippen molar-refractivity contribution in [3.8, 4) is 5.69 Å². The smallest absolute Gasteiger partial charge is 0.357 e. The number of halogens is 1. The van der Waals surface area contributed by atoms with Crippen molar-refractivity contribution in [1.82, 2.24) is 24.5 Å². The lowest BCUT2D eigenvalue weighted by Gasteiger charge is -2.09. The average molecular weight is 405 g/mol. The third-order valence-corrected chi connectivity index (χ3v) is 4.01. The van der Waals surface area contributed by atoms with Crippen LogP contribution in [0.15, 0.2) is 67.1 Å².